The van der Waals surface area contributed by atoms with Crippen molar-refractivity contribution in [1.29, 1.82) is 0 Å². The Morgan fingerprint density at radius 1 is 1.19 bits per heavy atom. The van der Waals surface area contributed by atoms with Crippen molar-refractivity contribution in [2.75, 3.05) is 4.72 Å². The highest BCUT2D eigenvalue weighted by Crippen LogP contribution is 2.36. The lowest BCUT2D eigenvalue weighted by Crippen LogP contribution is -2.30. The van der Waals surface area contributed by atoms with E-state index in [1.807, 2.05) is 4.72 Å². The van der Waals surface area contributed by atoms with Gasteiger partial charge in [-0.05, 0) is 37.3 Å². The Balaban J connectivity index is 2.02. The third-order valence-electron chi connectivity index (χ3n) is 4.35. The number of rotatable bonds is 5. The molecular weight excluding hydrogens is 494 g/mol. The minimum atomic E-state index is -4.89. The van der Waals surface area contributed by atoms with E-state index in [9.17, 15) is 31.2 Å². The molecule has 0 bridgehead atoms. The molecule has 0 saturated heterocycles. The number of hydrogen-bond acceptors (Lipinski definition) is 6. The van der Waals surface area contributed by atoms with Gasteiger partial charge in [0.2, 0.25) is 0 Å². The number of anilines is 1. The third kappa shape index (κ3) is 4.84. The van der Waals surface area contributed by atoms with Crippen LogP contribution >= 0.6 is 23.2 Å². The molecule has 0 spiro atoms. The van der Waals surface area contributed by atoms with Crippen LogP contribution < -0.4 is 4.72 Å². The number of ketones is 2. The molecular formula is C19H12Cl2F3N3O4S. The average molecular weight is 506 g/mol. The summed E-state index contributed by atoms with van der Waals surface area (Å²) in [5.74, 6) is -2.74. The van der Waals surface area contributed by atoms with Crippen LogP contribution in [0, 0.1) is 5.92 Å². The lowest BCUT2D eigenvalue weighted by molar-refractivity contribution is -0.137. The molecule has 1 aliphatic heterocycles. The van der Waals surface area contributed by atoms with E-state index >= 15 is 0 Å². The molecule has 0 radical (unpaired) electrons. The molecule has 2 heterocycles. The number of aromatic nitrogens is 1. The van der Waals surface area contributed by atoms with E-state index in [0.29, 0.717) is 6.07 Å². The molecule has 2 aromatic rings. The summed E-state index contributed by atoms with van der Waals surface area (Å²) in [6.07, 6.45) is -1.35. The molecule has 0 amide bonds. The zero-order chi connectivity index (χ0) is 23.8. The van der Waals surface area contributed by atoms with E-state index in [-0.39, 0.29) is 10.7 Å². The molecule has 1 aliphatic rings. The Bertz CT molecular complexity index is 1290. The summed E-state index contributed by atoms with van der Waals surface area (Å²) in [6, 6.07) is 3.07. The van der Waals surface area contributed by atoms with Crippen LogP contribution in [-0.4, -0.2) is 30.7 Å². The van der Waals surface area contributed by atoms with Gasteiger partial charge in [0.1, 0.15) is 11.6 Å². The van der Waals surface area contributed by atoms with Crippen LogP contribution in [-0.2, 0) is 21.0 Å². The molecule has 0 fully saturated rings. The number of nitrogens with zero attached hydrogens (tertiary/aromatic N) is 2. The van der Waals surface area contributed by atoms with Gasteiger partial charge in [0.15, 0.2) is 11.6 Å². The number of halogens is 5. The molecule has 1 aromatic carbocycles. The minimum Gasteiger partial charge on any atom is -0.292 e. The van der Waals surface area contributed by atoms with Gasteiger partial charge in [-0.3, -0.25) is 19.3 Å². The van der Waals surface area contributed by atoms with Crippen molar-refractivity contribution in [2.24, 2.45) is 10.9 Å². The van der Waals surface area contributed by atoms with E-state index in [1.54, 1.807) is 0 Å². The molecule has 3 rings (SSSR count). The number of allylic oxidation sites excluding steroid dienone is 1. The number of sulfonamides is 1. The van der Waals surface area contributed by atoms with Crippen LogP contribution in [0.3, 0.4) is 0 Å². The summed E-state index contributed by atoms with van der Waals surface area (Å²) >= 11 is 11.4. The van der Waals surface area contributed by atoms with Crippen molar-refractivity contribution in [3.05, 3.63) is 64.0 Å². The molecule has 1 atom stereocenters. The summed E-state index contributed by atoms with van der Waals surface area (Å²) in [4.78, 5) is 32.0. The van der Waals surface area contributed by atoms with E-state index in [0.717, 1.165) is 24.4 Å². The summed E-state index contributed by atoms with van der Waals surface area (Å²) in [7, 11) is -4.63. The van der Waals surface area contributed by atoms with E-state index in [1.165, 1.54) is 19.2 Å². The standard InChI is InChI=1S/C19H12Cl2F3N3O4S/c1-9-17(28)12(4-5-25-9)18(29)16-15(6-10(20)8-26-16)27-32(30,31)11-2-3-14(21)13(7-11)19(22,23)24/h2-8,12,27H,1H3. The molecule has 32 heavy (non-hydrogen) atoms. The predicted molar refractivity (Wildman–Crippen MR) is 112 cm³/mol. The van der Waals surface area contributed by atoms with Gasteiger partial charge in [-0.1, -0.05) is 23.2 Å². The lowest BCUT2D eigenvalue weighted by atomic mass is 9.92. The van der Waals surface area contributed by atoms with E-state index in [4.69, 9.17) is 23.2 Å². The van der Waals surface area contributed by atoms with Gasteiger partial charge in [0, 0.05) is 12.4 Å². The molecule has 1 unspecified atom stereocenters. The second-order valence-electron chi connectivity index (χ2n) is 6.56. The number of pyridine rings is 1. The van der Waals surface area contributed by atoms with E-state index in [2.05, 4.69) is 9.98 Å². The monoisotopic (exact) mass is 505 g/mol. The highest BCUT2D eigenvalue weighted by atomic mass is 35.5. The fourth-order valence-corrected chi connectivity index (χ4v) is 4.24. The summed E-state index contributed by atoms with van der Waals surface area (Å²) in [5.41, 5.74) is -2.13. The molecule has 0 saturated carbocycles. The van der Waals surface area contributed by atoms with Gasteiger partial charge in [0.25, 0.3) is 10.0 Å². The Kier molecular flexibility index (Phi) is 6.45. The first-order valence-electron chi connectivity index (χ1n) is 8.66. The maximum absolute atomic E-state index is 13.1. The number of Topliss-reactive ketones (excluding diaryl/α,β-unsaturated/α-hetero) is 2. The van der Waals surface area contributed by atoms with Gasteiger partial charge in [-0.25, -0.2) is 13.4 Å². The fourth-order valence-electron chi connectivity index (χ4n) is 2.78. The smallest absolute Gasteiger partial charge is 0.292 e. The largest absolute Gasteiger partial charge is 0.417 e. The normalized spacial score (nSPS) is 16.6. The second kappa shape index (κ2) is 8.64. The van der Waals surface area contributed by atoms with Crippen LogP contribution in [0.1, 0.15) is 23.0 Å². The van der Waals surface area contributed by atoms with Crippen molar-refractivity contribution < 1.29 is 31.2 Å². The van der Waals surface area contributed by atoms with Crippen molar-refractivity contribution in [2.45, 2.75) is 18.0 Å². The minimum absolute atomic E-state index is 0.0606. The number of nitrogens with one attached hydrogen (secondary N) is 1. The zero-order valence-electron chi connectivity index (χ0n) is 15.9. The molecule has 168 valence electrons. The lowest BCUT2D eigenvalue weighted by Gasteiger charge is -2.17. The third-order valence-corrected chi connectivity index (χ3v) is 6.25. The van der Waals surface area contributed by atoms with E-state index < -0.39 is 60.5 Å². The zero-order valence-corrected chi connectivity index (χ0v) is 18.3. The Hall–Kier alpha value is -2.76. The number of benzene rings is 1. The SMILES string of the molecule is CC1=NC=CC(C(=O)c2ncc(Cl)cc2NS(=O)(=O)c2ccc(Cl)c(C(F)(F)F)c2)C1=O. The average Bonchev–Trinajstić information content (AvgIpc) is 2.68. The first-order valence-corrected chi connectivity index (χ1v) is 10.9. The van der Waals surface area contributed by atoms with Gasteiger partial charge in [0.05, 0.1) is 31.9 Å². The maximum Gasteiger partial charge on any atom is 0.417 e. The van der Waals surface area contributed by atoms with Crippen LogP contribution in [0.2, 0.25) is 10.0 Å². The number of hydrogen-bond donors (Lipinski definition) is 1. The Morgan fingerprint density at radius 3 is 2.53 bits per heavy atom. The van der Waals surface area contributed by atoms with Crippen molar-refractivity contribution in [1.82, 2.24) is 4.98 Å². The molecule has 7 nitrogen and oxygen atoms in total. The summed E-state index contributed by atoms with van der Waals surface area (Å²) < 4.78 is 66.9. The summed E-state index contributed by atoms with van der Waals surface area (Å²) in [6.45, 7) is 1.41. The van der Waals surface area contributed by atoms with Crippen LogP contribution in [0.25, 0.3) is 0 Å². The maximum atomic E-state index is 13.1. The second-order valence-corrected chi connectivity index (χ2v) is 9.08. The van der Waals surface area contributed by atoms with Crippen molar-refractivity contribution in [3.63, 3.8) is 0 Å². The highest BCUT2D eigenvalue weighted by molar-refractivity contribution is 7.92. The fraction of sp³-hybridized carbons (Fsp3) is 0.158. The molecule has 13 heteroatoms. The number of alkyl halides is 3. The van der Waals surface area contributed by atoms with Gasteiger partial charge in [-0.2, -0.15) is 13.2 Å². The van der Waals surface area contributed by atoms with Crippen molar-refractivity contribution in [3.8, 4) is 0 Å². The van der Waals surface area contributed by atoms with Crippen LogP contribution in [0.4, 0.5) is 18.9 Å². The topological polar surface area (TPSA) is 106 Å². The summed E-state index contributed by atoms with van der Waals surface area (Å²) in [5, 5.41) is -0.744. The van der Waals surface area contributed by atoms with Crippen LogP contribution in [0.5, 0.6) is 0 Å². The van der Waals surface area contributed by atoms with Gasteiger partial charge >= 0.3 is 6.18 Å². The quantitative estimate of drug-likeness (QED) is 0.473. The molecule has 1 aromatic heterocycles. The Labute approximate surface area is 190 Å². The molecule has 0 aliphatic carbocycles. The van der Waals surface area contributed by atoms with Gasteiger partial charge in [-0.15, -0.1) is 0 Å². The highest BCUT2D eigenvalue weighted by Gasteiger charge is 2.35. The van der Waals surface area contributed by atoms with Gasteiger partial charge < -0.3 is 0 Å². The first-order chi connectivity index (χ1) is 14.8. The number of aliphatic imine (C=N–C) groups is 1. The van der Waals surface area contributed by atoms with Crippen LogP contribution in [0.15, 0.2) is 52.6 Å². The Morgan fingerprint density at radius 2 is 1.88 bits per heavy atom. The first kappa shape index (κ1) is 23.9. The number of carbonyl (C=O) groups excluding carboxylic acids is 2. The molecule has 1 N–H and O–H groups in total. The predicted octanol–water partition coefficient (Wildman–Crippen LogP) is 4.56. The number of carbonyl (C=O) groups is 2. The van der Waals surface area contributed by atoms with Crippen molar-refractivity contribution >= 4 is 56.2 Å².